The number of aryl methyl sites for hydroxylation is 2. The van der Waals surface area contributed by atoms with Crippen LogP contribution in [-0.4, -0.2) is 0 Å². The lowest BCUT2D eigenvalue weighted by atomic mass is 9.94. The molecule has 0 radical (unpaired) electrons. The quantitative estimate of drug-likeness (QED) is 0.644. The largest absolute Gasteiger partial charge is 0.483 e. The van der Waals surface area contributed by atoms with Crippen LogP contribution in [0.25, 0.3) is 0 Å². The molecule has 0 heterocycles. The van der Waals surface area contributed by atoms with Gasteiger partial charge in [0, 0.05) is 0 Å². The molecule has 0 amide bonds. The maximum Gasteiger partial charge on any atom is 0.128 e. The van der Waals surface area contributed by atoms with E-state index in [0.29, 0.717) is 5.92 Å². The normalized spacial score (nSPS) is 13.0. The van der Waals surface area contributed by atoms with Gasteiger partial charge in [-0.2, -0.15) is 0 Å². The summed E-state index contributed by atoms with van der Waals surface area (Å²) in [6.07, 6.45) is 1.16. The molecule has 1 atom stereocenters. The van der Waals surface area contributed by atoms with Gasteiger partial charge in [-0.15, -0.1) is 0 Å². The zero-order valence-corrected chi connectivity index (χ0v) is 14.7. The molecule has 0 aromatic heterocycles. The molecule has 0 fully saturated rings. The maximum absolute atomic E-state index is 6.27. The van der Waals surface area contributed by atoms with Crippen LogP contribution in [0.1, 0.15) is 62.3 Å². The maximum atomic E-state index is 6.27. The van der Waals surface area contributed by atoms with E-state index >= 15 is 0 Å². The Balaban J connectivity index is 2.20. The zero-order valence-electron chi connectivity index (χ0n) is 14.7. The minimum Gasteiger partial charge on any atom is -0.483 e. The summed E-state index contributed by atoms with van der Waals surface area (Å²) >= 11 is 0. The number of rotatable bonds is 5. The Morgan fingerprint density at radius 2 is 1.50 bits per heavy atom. The first-order chi connectivity index (χ1) is 10.3. The predicted molar refractivity (Wildman–Crippen MR) is 94.7 cm³/mol. The summed E-state index contributed by atoms with van der Waals surface area (Å²) in [7, 11) is 0. The summed E-state index contributed by atoms with van der Waals surface area (Å²) in [6, 6.07) is 15.2. The summed E-state index contributed by atoms with van der Waals surface area (Å²) in [4.78, 5) is 0. The highest BCUT2D eigenvalue weighted by Crippen LogP contribution is 2.30. The number of hydrogen-bond acceptors (Lipinski definition) is 1. The Bertz CT molecular complexity index is 603. The molecule has 0 N–H and O–H groups in total. The van der Waals surface area contributed by atoms with E-state index < -0.39 is 0 Å². The van der Waals surface area contributed by atoms with E-state index in [4.69, 9.17) is 4.74 Å². The third kappa shape index (κ3) is 3.91. The van der Waals surface area contributed by atoms with Crippen LogP contribution in [0.5, 0.6) is 5.75 Å². The SMILES string of the molecule is CCC(C)c1ccc(OC(C)(C)c2cc(C)cc(C)c2)cc1. The molecule has 1 heteroatoms. The van der Waals surface area contributed by atoms with Gasteiger partial charge in [-0.1, -0.05) is 55.3 Å². The Hall–Kier alpha value is -1.76. The van der Waals surface area contributed by atoms with Crippen LogP contribution in [0.3, 0.4) is 0 Å². The van der Waals surface area contributed by atoms with Gasteiger partial charge in [-0.25, -0.2) is 0 Å². The molecule has 22 heavy (non-hydrogen) atoms. The second kappa shape index (κ2) is 6.56. The van der Waals surface area contributed by atoms with Crippen molar-refractivity contribution in [3.05, 3.63) is 64.7 Å². The fraction of sp³-hybridized carbons (Fsp3) is 0.429. The lowest BCUT2D eigenvalue weighted by molar-refractivity contribution is 0.108. The van der Waals surface area contributed by atoms with Gasteiger partial charge in [0.25, 0.3) is 0 Å². The predicted octanol–water partition coefficient (Wildman–Crippen LogP) is 6.13. The number of hydrogen-bond donors (Lipinski definition) is 0. The van der Waals surface area contributed by atoms with Crippen molar-refractivity contribution in [3.8, 4) is 5.75 Å². The molecule has 1 nitrogen and oxygen atoms in total. The molecule has 2 rings (SSSR count). The Labute approximate surface area is 135 Å². The average Bonchev–Trinajstić information content (AvgIpc) is 2.46. The molecule has 0 aliphatic carbocycles. The van der Waals surface area contributed by atoms with E-state index in [0.717, 1.165) is 12.2 Å². The fourth-order valence-electron chi connectivity index (χ4n) is 2.78. The van der Waals surface area contributed by atoms with Crippen LogP contribution in [-0.2, 0) is 5.60 Å². The van der Waals surface area contributed by atoms with Crippen LogP contribution in [0, 0.1) is 13.8 Å². The number of benzene rings is 2. The molecule has 0 saturated heterocycles. The van der Waals surface area contributed by atoms with Crippen molar-refractivity contribution in [1.29, 1.82) is 0 Å². The number of ether oxygens (including phenoxy) is 1. The molecule has 1 unspecified atom stereocenters. The monoisotopic (exact) mass is 296 g/mol. The first-order valence-corrected chi connectivity index (χ1v) is 8.19. The summed E-state index contributed by atoms with van der Waals surface area (Å²) < 4.78 is 6.27. The first kappa shape index (κ1) is 16.6. The Kier molecular flexibility index (Phi) is 4.95. The van der Waals surface area contributed by atoms with Crippen molar-refractivity contribution in [3.63, 3.8) is 0 Å². The average molecular weight is 296 g/mol. The highest BCUT2D eigenvalue weighted by atomic mass is 16.5. The van der Waals surface area contributed by atoms with Gasteiger partial charge in [0.05, 0.1) is 0 Å². The minimum absolute atomic E-state index is 0.339. The summed E-state index contributed by atoms with van der Waals surface area (Å²) in [5.74, 6) is 1.53. The van der Waals surface area contributed by atoms with Crippen molar-refractivity contribution in [2.24, 2.45) is 0 Å². The van der Waals surface area contributed by atoms with Gasteiger partial charge in [0.1, 0.15) is 11.4 Å². The van der Waals surface area contributed by atoms with E-state index in [-0.39, 0.29) is 5.60 Å². The van der Waals surface area contributed by atoms with Gasteiger partial charge in [-0.3, -0.25) is 0 Å². The van der Waals surface area contributed by atoms with Gasteiger partial charge < -0.3 is 4.74 Å². The lowest BCUT2D eigenvalue weighted by Crippen LogP contribution is -2.25. The zero-order chi connectivity index (χ0) is 16.3. The molecule has 0 spiro atoms. The molecule has 0 bridgehead atoms. The molecular weight excluding hydrogens is 268 g/mol. The second-order valence-electron chi connectivity index (χ2n) is 6.87. The van der Waals surface area contributed by atoms with Gasteiger partial charge in [-0.05, 0) is 63.3 Å². The summed E-state index contributed by atoms with van der Waals surface area (Å²) in [5, 5.41) is 0. The van der Waals surface area contributed by atoms with Gasteiger partial charge in [0.15, 0.2) is 0 Å². The molecule has 0 aliphatic heterocycles. The lowest BCUT2D eigenvalue weighted by Gasteiger charge is -2.28. The van der Waals surface area contributed by atoms with Crippen molar-refractivity contribution in [2.75, 3.05) is 0 Å². The van der Waals surface area contributed by atoms with Gasteiger partial charge >= 0.3 is 0 Å². The van der Waals surface area contributed by atoms with E-state index in [9.17, 15) is 0 Å². The highest BCUT2D eigenvalue weighted by molar-refractivity contribution is 5.34. The van der Waals surface area contributed by atoms with Crippen molar-refractivity contribution in [1.82, 2.24) is 0 Å². The highest BCUT2D eigenvalue weighted by Gasteiger charge is 2.23. The van der Waals surface area contributed by atoms with Crippen LogP contribution in [0.2, 0.25) is 0 Å². The third-order valence-corrected chi connectivity index (χ3v) is 4.35. The third-order valence-electron chi connectivity index (χ3n) is 4.35. The minimum atomic E-state index is -0.339. The summed E-state index contributed by atoms with van der Waals surface area (Å²) in [5.41, 5.74) is 4.81. The second-order valence-corrected chi connectivity index (χ2v) is 6.87. The van der Waals surface area contributed by atoms with Crippen molar-refractivity contribution in [2.45, 2.75) is 59.5 Å². The van der Waals surface area contributed by atoms with Gasteiger partial charge in [0.2, 0.25) is 0 Å². The molecular formula is C21H28O. The van der Waals surface area contributed by atoms with Crippen molar-refractivity contribution >= 4 is 0 Å². The Morgan fingerprint density at radius 3 is 2.00 bits per heavy atom. The van der Waals surface area contributed by atoms with Crippen LogP contribution in [0.4, 0.5) is 0 Å². The van der Waals surface area contributed by atoms with Crippen molar-refractivity contribution < 1.29 is 4.74 Å². The van der Waals surface area contributed by atoms with E-state index in [1.165, 1.54) is 22.3 Å². The molecule has 0 aliphatic rings. The topological polar surface area (TPSA) is 9.23 Å². The van der Waals surface area contributed by atoms with E-state index in [1.54, 1.807) is 0 Å². The van der Waals surface area contributed by atoms with E-state index in [2.05, 4.69) is 84.0 Å². The molecule has 2 aromatic rings. The van der Waals surface area contributed by atoms with Crippen LogP contribution < -0.4 is 4.74 Å². The fourth-order valence-corrected chi connectivity index (χ4v) is 2.78. The van der Waals surface area contributed by atoms with E-state index in [1.807, 2.05) is 0 Å². The van der Waals surface area contributed by atoms with Crippen LogP contribution >= 0.6 is 0 Å². The standard InChI is InChI=1S/C21H28O/c1-7-17(4)18-8-10-20(11-9-18)22-21(5,6)19-13-15(2)12-16(3)14-19/h8-14,17H,7H2,1-6H3. The smallest absolute Gasteiger partial charge is 0.128 e. The first-order valence-electron chi connectivity index (χ1n) is 8.19. The molecule has 0 saturated carbocycles. The molecule has 118 valence electrons. The Morgan fingerprint density at radius 1 is 0.955 bits per heavy atom. The van der Waals surface area contributed by atoms with Crippen LogP contribution in [0.15, 0.2) is 42.5 Å². The molecule has 2 aromatic carbocycles. The summed E-state index contributed by atoms with van der Waals surface area (Å²) in [6.45, 7) is 13.0.